The molecule has 0 bridgehead atoms. The summed E-state index contributed by atoms with van der Waals surface area (Å²) in [7, 11) is 0. The third-order valence-electron chi connectivity index (χ3n) is 2.71. The van der Waals surface area contributed by atoms with Crippen molar-refractivity contribution in [1.82, 2.24) is 0 Å². The second kappa shape index (κ2) is 5.57. The third kappa shape index (κ3) is 3.04. The van der Waals surface area contributed by atoms with Gasteiger partial charge in [0.2, 0.25) is 0 Å². The Morgan fingerprint density at radius 3 is 2.63 bits per heavy atom. The second-order valence-corrected chi connectivity index (χ2v) is 4.99. The van der Waals surface area contributed by atoms with Gasteiger partial charge in [0.1, 0.15) is 24.0 Å². The van der Waals surface area contributed by atoms with Crippen molar-refractivity contribution in [3.8, 4) is 5.75 Å². The Labute approximate surface area is 118 Å². The van der Waals surface area contributed by atoms with Crippen molar-refractivity contribution in [2.45, 2.75) is 13.5 Å². The summed E-state index contributed by atoms with van der Waals surface area (Å²) in [6.07, 6.45) is 0. The number of hydrogen-bond donors (Lipinski definition) is 1. The highest BCUT2D eigenvalue weighted by atomic mass is 79.9. The van der Waals surface area contributed by atoms with Crippen LogP contribution in [-0.2, 0) is 6.61 Å². The summed E-state index contributed by atoms with van der Waals surface area (Å²) in [5, 5.41) is 0. The van der Waals surface area contributed by atoms with Gasteiger partial charge in [0.15, 0.2) is 0 Å². The van der Waals surface area contributed by atoms with Crippen LogP contribution >= 0.6 is 15.9 Å². The molecule has 0 aromatic heterocycles. The maximum atomic E-state index is 13.7. The molecule has 0 atom stereocenters. The van der Waals surface area contributed by atoms with Crippen LogP contribution in [-0.4, -0.2) is 0 Å². The molecule has 0 spiro atoms. The minimum atomic E-state index is -0.645. The van der Waals surface area contributed by atoms with E-state index >= 15 is 0 Å². The topological polar surface area (TPSA) is 35.2 Å². The van der Waals surface area contributed by atoms with Crippen LogP contribution in [0.15, 0.2) is 34.8 Å². The van der Waals surface area contributed by atoms with Gasteiger partial charge < -0.3 is 10.5 Å². The first-order valence-corrected chi connectivity index (χ1v) is 6.39. The van der Waals surface area contributed by atoms with E-state index in [1.54, 1.807) is 18.2 Å². The monoisotopic (exact) mass is 327 g/mol. The normalized spacial score (nSPS) is 10.5. The van der Waals surface area contributed by atoms with Crippen LogP contribution in [0, 0.1) is 18.6 Å². The lowest BCUT2D eigenvalue weighted by Gasteiger charge is -2.11. The number of rotatable bonds is 3. The average molecular weight is 328 g/mol. The van der Waals surface area contributed by atoms with Gasteiger partial charge in [-0.2, -0.15) is 0 Å². The minimum Gasteiger partial charge on any atom is -0.488 e. The number of ether oxygens (including phenoxy) is 1. The molecule has 0 heterocycles. The van der Waals surface area contributed by atoms with Crippen molar-refractivity contribution in [1.29, 1.82) is 0 Å². The maximum absolute atomic E-state index is 13.7. The Bertz CT molecular complexity index is 617. The Hall–Kier alpha value is -1.62. The lowest BCUT2D eigenvalue weighted by atomic mass is 10.2. The molecule has 2 aromatic carbocycles. The van der Waals surface area contributed by atoms with Gasteiger partial charge in [-0.1, -0.05) is 0 Å². The van der Waals surface area contributed by atoms with Crippen LogP contribution < -0.4 is 10.5 Å². The van der Waals surface area contributed by atoms with Gasteiger partial charge in [0.05, 0.1) is 10.0 Å². The molecule has 0 saturated carbocycles. The molecule has 2 nitrogen and oxygen atoms in total. The van der Waals surface area contributed by atoms with Crippen LogP contribution in [0.1, 0.15) is 11.1 Å². The second-order valence-electron chi connectivity index (χ2n) is 4.14. The summed E-state index contributed by atoms with van der Waals surface area (Å²) in [6.45, 7) is 1.64. The minimum absolute atomic E-state index is 0.106. The molecule has 19 heavy (non-hydrogen) atoms. The predicted molar refractivity (Wildman–Crippen MR) is 74.0 cm³/mol. The molecule has 0 fully saturated rings. The van der Waals surface area contributed by atoms with Gasteiger partial charge >= 0.3 is 0 Å². The van der Waals surface area contributed by atoms with Crippen molar-refractivity contribution in [3.05, 3.63) is 57.6 Å². The van der Waals surface area contributed by atoms with Gasteiger partial charge in [0.25, 0.3) is 0 Å². The lowest BCUT2D eigenvalue weighted by Crippen LogP contribution is -2.03. The average Bonchev–Trinajstić information content (AvgIpc) is 2.36. The SMILES string of the molecule is Cc1cc(N)ccc1OCc1c(F)ccc(Br)c1F. The van der Waals surface area contributed by atoms with E-state index in [1.165, 1.54) is 12.1 Å². The molecule has 0 aliphatic carbocycles. The molecule has 0 aliphatic rings. The van der Waals surface area contributed by atoms with Crippen LogP contribution in [0.25, 0.3) is 0 Å². The quantitative estimate of drug-likeness (QED) is 0.677. The first kappa shape index (κ1) is 13.8. The van der Waals surface area contributed by atoms with E-state index in [9.17, 15) is 8.78 Å². The third-order valence-corrected chi connectivity index (χ3v) is 3.32. The van der Waals surface area contributed by atoms with Crippen molar-refractivity contribution >= 4 is 21.6 Å². The summed E-state index contributed by atoms with van der Waals surface area (Å²) in [5.74, 6) is -0.727. The Kier molecular flexibility index (Phi) is 4.04. The standard InChI is InChI=1S/C14H12BrF2NO/c1-8-6-9(18)2-5-13(8)19-7-10-12(16)4-3-11(15)14(10)17/h2-6H,7,18H2,1H3. The van der Waals surface area contributed by atoms with Gasteiger partial charge in [-0.25, -0.2) is 8.78 Å². The fraction of sp³-hybridized carbons (Fsp3) is 0.143. The number of benzene rings is 2. The van der Waals surface area contributed by atoms with Crippen molar-refractivity contribution in [2.24, 2.45) is 0 Å². The fourth-order valence-corrected chi connectivity index (χ4v) is 2.06. The highest BCUT2D eigenvalue weighted by Gasteiger charge is 2.13. The van der Waals surface area contributed by atoms with E-state index < -0.39 is 11.6 Å². The number of nitrogens with two attached hydrogens (primary N) is 1. The van der Waals surface area contributed by atoms with E-state index in [-0.39, 0.29) is 16.6 Å². The molecule has 0 radical (unpaired) electrons. The summed E-state index contributed by atoms with van der Waals surface area (Å²) >= 11 is 3.02. The largest absolute Gasteiger partial charge is 0.488 e. The molecule has 0 amide bonds. The summed E-state index contributed by atoms with van der Waals surface area (Å²) in [5.41, 5.74) is 6.95. The molecule has 0 unspecified atom stereocenters. The zero-order chi connectivity index (χ0) is 14.0. The van der Waals surface area contributed by atoms with Crippen molar-refractivity contribution in [3.63, 3.8) is 0 Å². The summed E-state index contributed by atoms with van der Waals surface area (Å²) in [6, 6.07) is 7.61. The molecular weight excluding hydrogens is 316 g/mol. The van der Waals surface area contributed by atoms with Crippen molar-refractivity contribution in [2.75, 3.05) is 5.73 Å². The number of nitrogen functional groups attached to an aromatic ring is 1. The molecule has 5 heteroatoms. The molecular formula is C14H12BrF2NO. The molecule has 2 aromatic rings. The van der Waals surface area contributed by atoms with E-state index in [1.807, 2.05) is 6.92 Å². The van der Waals surface area contributed by atoms with Gasteiger partial charge in [-0.05, 0) is 58.7 Å². The van der Waals surface area contributed by atoms with E-state index in [4.69, 9.17) is 10.5 Å². The zero-order valence-electron chi connectivity index (χ0n) is 10.2. The fourth-order valence-electron chi connectivity index (χ4n) is 1.69. The first-order chi connectivity index (χ1) is 8.99. The maximum Gasteiger partial charge on any atom is 0.146 e. The van der Waals surface area contributed by atoms with Crippen LogP contribution in [0.5, 0.6) is 5.75 Å². The highest BCUT2D eigenvalue weighted by molar-refractivity contribution is 9.10. The van der Waals surface area contributed by atoms with Crippen molar-refractivity contribution < 1.29 is 13.5 Å². The number of aryl methyl sites for hydroxylation is 1. The smallest absolute Gasteiger partial charge is 0.146 e. The molecule has 0 aliphatic heterocycles. The Morgan fingerprint density at radius 2 is 1.95 bits per heavy atom. The van der Waals surface area contributed by atoms with Gasteiger partial charge in [0, 0.05) is 5.69 Å². The Morgan fingerprint density at radius 1 is 1.21 bits per heavy atom. The molecule has 100 valence electrons. The van der Waals surface area contributed by atoms with Crippen LogP contribution in [0.2, 0.25) is 0 Å². The zero-order valence-corrected chi connectivity index (χ0v) is 11.8. The molecule has 0 saturated heterocycles. The summed E-state index contributed by atoms with van der Waals surface area (Å²) < 4.78 is 32.9. The number of anilines is 1. The lowest BCUT2D eigenvalue weighted by molar-refractivity contribution is 0.290. The highest BCUT2D eigenvalue weighted by Crippen LogP contribution is 2.25. The first-order valence-electron chi connectivity index (χ1n) is 5.60. The number of hydrogen-bond acceptors (Lipinski definition) is 2. The van der Waals surface area contributed by atoms with Gasteiger partial charge in [-0.3, -0.25) is 0 Å². The van der Waals surface area contributed by atoms with Crippen LogP contribution in [0.4, 0.5) is 14.5 Å². The molecule has 2 N–H and O–H groups in total. The van der Waals surface area contributed by atoms with Gasteiger partial charge in [-0.15, -0.1) is 0 Å². The number of halogens is 3. The van der Waals surface area contributed by atoms with E-state index in [0.29, 0.717) is 11.4 Å². The molecule has 2 rings (SSSR count). The van der Waals surface area contributed by atoms with E-state index in [0.717, 1.165) is 5.56 Å². The van der Waals surface area contributed by atoms with Crippen LogP contribution in [0.3, 0.4) is 0 Å². The summed E-state index contributed by atoms with van der Waals surface area (Å²) in [4.78, 5) is 0. The van der Waals surface area contributed by atoms with E-state index in [2.05, 4.69) is 15.9 Å². The predicted octanol–water partition coefficient (Wildman–Crippen LogP) is 4.20. The Balaban J connectivity index is 2.21.